The van der Waals surface area contributed by atoms with Crippen LogP contribution in [0.1, 0.15) is 19.8 Å². The first-order valence-electron chi connectivity index (χ1n) is 5.23. The molecule has 0 aliphatic heterocycles. The molecule has 0 heterocycles. The van der Waals surface area contributed by atoms with Gasteiger partial charge in [0.15, 0.2) is 0 Å². The number of carboxylic acids is 1. The van der Waals surface area contributed by atoms with Gasteiger partial charge in [-0.05, 0) is 18.8 Å². The van der Waals surface area contributed by atoms with Gasteiger partial charge in [-0.3, -0.25) is 4.79 Å². The molecule has 0 saturated heterocycles. The van der Waals surface area contributed by atoms with E-state index in [1.807, 2.05) is 6.92 Å². The van der Waals surface area contributed by atoms with Gasteiger partial charge in [-0.25, -0.2) is 4.79 Å². The minimum Gasteiger partial charge on any atom is -0.480 e. The Morgan fingerprint density at radius 3 is 2.62 bits per heavy atom. The van der Waals surface area contributed by atoms with Crippen LogP contribution in [0, 0.1) is 5.92 Å². The van der Waals surface area contributed by atoms with Gasteiger partial charge < -0.3 is 20.3 Å². The van der Waals surface area contributed by atoms with Crippen molar-refractivity contribution in [2.45, 2.75) is 19.8 Å². The van der Waals surface area contributed by atoms with Gasteiger partial charge in [-0.15, -0.1) is 0 Å². The zero-order valence-electron chi connectivity index (χ0n) is 9.44. The highest BCUT2D eigenvalue weighted by atomic mass is 16.5. The second-order valence-electron chi connectivity index (χ2n) is 3.67. The van der Waals surface area contributed by atoms with E-state index in [4.69, 9.17) is 10.2 Å². The molecule has 0 aliphatic carbocycles. The first kappa shape index (κ1) is 14.9. The van der Waals surface area contributed by atoms with Crippen LogP contribution in [0.25, 0.3) is 0 Å². The molecule has 6 nitrogen and oxygen atoms in total. The maximum absolute atomic E-state index is 11.1. The number of ether oxygens (including phenoxy) is 1. The standard InChI is InChI=1S/C10H19NO5/c1-8(5-12)3-2-4-11-9(13)6-16-7-10(14)15/h8,12H,2-7H2,1H3,(H,11,13)(H,14,15). The van der Waals surface area contributed by atoms with Crippen molar-refractivity contribution < 1.29 is 24.5 Å². The fourth-order valence-electron chi connectivity index (χ4n) is 1.05. The predicted octanol–water partition coefficient (Wildman–Crippen LogP) is -0.388. The molecule has 3 N–H and O–H groups in total. The van der Waals surface area contributed by atoms with Crippen molar-refractivity contribution in [1.82, 2.24) is 5.32 Å². The number of nitrogens with one attached hydrogen (secondary N) is 1. The molecule has 0 rings (SSSR count). The van der Waals surface area contributed by atoms with Crippen LogP contribution in [0.5, 0.6) is 0 Å². The molecule has 1 amide bonds. The summed E-state index contributed by atoms with van der Waals surface area (Å²) in [5.41, 5.74) is 0. The third-order valence-corrected chi connectivity index (χ3v) is 1.97. The summed E-state index contributed by atoms with van der Waals surface area (Å²) in [7, 11) is 0. The van der Waals surface area contributed by atoms with Crippen LogP contribution in [0.15, 0.2) is 0 Å². The Balaban J connectivity index is 3.33. The summed E-state index contributed by atoms with van der Waals surface area (Å²) in [4.78, 5) is 21.1. The van der Waals surface area contributed by atoms with Gasteiger partial charge in [0.2, 0.25) is 5.91 Å². The lowest BCUT2D eigenvalue weighted by molar-refractivity contribution is -0.143. The van der Waals surface area contributed by atoms with E-state index < -0.39 is 12.6 Å². The maximum Gasteiger partial charge on any atom is 0.329 e. The fraction of sp³-hybridized carbons (Fsp3) is 0.800. The highest BCUT2D eigenvalue weighted by molar-refractivity contribution is 5.77. The van der Waals surface area contributed by atoms with Crippen molar-refractivity contribution in [3.63, 3.8) is 0 Å². The molecule has 0 aliphatic rings. The normalized spacial score (nSPS) is 12.1. The summed E-state index contributed by atoms with van der Waals surface area (Å²) in [6.45, 7) is 1.89. The largest absolute Gasteiger partial charge is 0.480 e. The summed E-state index contributed by atoms with van der Waals surface area (Å²) in [5, 5.41) is 19.6. The topological polar surface area (TPSA) is 95.9 Å². The van der Waals surface area contributed by atoms with Gasteiger partial charge in [-0.2, -0.15) is 0 Å². The second kappa shape index (κ2) is 9.11. The monoisotopic (exact) mass is 233 g/mol. The van der Waals surface area contributed by atoms with Crippen LogP contribution in [0.3, 0.4) is 0 Å². The van der Waals surface area contributed by atoms with Crippen LogP contribution < -0.4 is 5.32 Å². The van der Waals surface area contributed by atoms with Gasteiger partial charge in [0, 0.05) is 13.2 Å². The number of hydrogen-bond donors (Lipinski definition) is 3. The molecular weight excluding hydrogens is 214 g/mol. The fourth-order valence-corrected chi connectivity index (χ4v) is 1.05. The van der Waals surface area contributed by atoms with Crippen molar-refractivity contribution in [1.29, 1.82) is 0 Å². The molecule has 0 spiro atoms. The van der Waals surface area contributed by atoms with Crippen LogP contribution in [-0.2, 0) is 14.3 Å². The van der Waals surface area contributed by atoms with E-state index in [0.717, 1.165) is 12.8 Å². The molecule has 16 heavy (non-hydrogen) atoms. The SMILES string of the molecule is CC(CO)CCCNC(=O)COCC(=O)O. The smallest absolute Gasteiger partial charge is 0.329 e. The second-order valence-corrected chi connectivity index (χ2v) is 3.67. The van der Waals surface area contributed by atoms with Crippen LogP contribution in [-0.4, -0.2) is 48.5 Å². The Morgan fingerprint density at radius 1 is 1.38 bits per heavy atom. The Morgan fingerprint density at radius 2 is 2.06 bits per heavy atom. The molecule has 1 atom stereocenters. The number of aliphatic hydroxyl groups excluding tert-OH is 1. The zero-order valence-corrected chi connectivity index (χ0v) is 9.44. The summed E-state index contributed by atoms with van der Waals surface area (Å²) in [6.07, 6.45) is 1.62. The van der Waals surface area contributed by atoms with E-state index in [9.17, 15) is 9.59 Å². The van der Waals surface area contributed by atoms with E-state index >= 15 is 0 Å². The number of amides is 1. The van der Waals surface area contributed by atoms with Gasteiger partial charge >= 0.3 is 5.97 Å². The van der Waals surface area contributed by atoms with E-state index in [1.165, 1.54) is 0 Å². The van der Waals surface area contributed by atoms with E-state index in [-0.39, 0.29) is 25.0 Å². The van der Waals surface area contributed by atoms with E-state index in [0.29, 0.717) is 6.54 Å². The van der Waals surface area contributed by atoms with Crippen molar-refractivity contribution in [2.24, 2.45) is 5.92 Å². The number of carbonyl (C=O) groups excluding carboxylic acids is 1. The van der Waals surface area contributed by atoms with E-state index in [2.05, 4.69) is 10.1 Å². The molecule has 6 heteroatoms. The Labute approximate surface area is 94.6 Å². The Bertz CT molecular complexity index is 219. The molecule has 0 fully saturated rings. The highest BCUT2D eigenvalue weighted by Gasteiger charge is 2.04. The predicted molar refractivity (Wildman–Crippen MR) is 56.9 cm³/mol. The maximum atomic E-state index is 11.1. The first-order chi connectivity index (χ1) is 7.56. The third kappa shape index (κ3) is 9.42. The number of aliphatic hydroxyl groups is 1. The van der Waals surface area contributed by atoms with Crippen molar-refractivity contribution in [3.05, 3.63) is 0 Å². The van der Waals surface area contributed by atoms with Crippen LogP contribution >= 0.6 is 0 Å². The molecule has 0 saturated carbocycles. The lowest BCUT2D eigenvalue weighted by Crippen LogP contribution is -2.29. The van der Waals surface area contributed by atoms with Gasteiger partial charge in [0.25, 0.3) is 0 Å². The summed E-state index contributed by atoms with van der Waals surface area (Å²) in [5.74, 6) is -1.18. The van der Waals surface area contributed by atoms with Crippen LogP contribution in [0.2, 0.25) is 0 Å². The average molecular weight is 233 g/mol. The molecule has 0 radical (unpaired) electrons. The summed E-state index contributed by atoms with van der Waals surface area (Å²) in [6, 6.07) is 0. The molecule has 0 aromatic carbocycles. The number of rotatable bonds is 9. The van der Waals surface area contributed by atoms with Gasteiger partial charge in [-0.1, -0.05) is 6.92 Å². The lowest BCUT2D eigenvalue weighted by Gasteiger charge is -2.08. The molecule has 1 unspecified atom stereocenters. The van der Waals surface area contributed by atoms with Gasteiger partial charge in [0.1, 0.15) is 13.2 Å². The molecule has 94 valence electrons. The van der Waals surface area contributed by atoms with Crippen molar-refractivity contribution >= 4 is 11.9 Å². The zero-order chi connectivity index (χ0) is 12.4. The minimum absolute atomic E-state index is 0.148. The Kier molecular flexibility index (Phi) is 8.46. The number of carbonyl (C=O) groups is 2. The quantitative estimate of drug-likeness (QED) is 0.471. The Hall–Kier alpha value is -1.14. The van der Waals surface area contributed by atoms with Crippen molar-refractivity contribution in [2.75, 3.05) is 26.4 Å². The van der Waals surface area contributed by atoms with E-state index in [1.54, 1.807) is 0 Å². The first-order valence-corrected chi connectivity index (χ1v) is 5.23. The number of aliphatic carboxylic acids is 1. The highest BCUT2D eigenvalue weighted by Crippen LogP contribution is 2.02. The third-order valence-electron chi connectivity index (χ3n) is 1.97. The molecule has 0 aromatic heterocycles. The summed E-state index contributed by atoms with van der Waals surface area (Å²) < 4.78 is 4.60. The van der Waals surface area contributed by atoms with Gasteiger partial charge in [0.05, 0.1) is 0 Å². The number of hydrogen-bond acceptors (Lipinski definition) is 4. The number of carboxylic acid groups (broad SMARTS) is 1. The van der Waals surface area contributed by atoms with Crippen LogP contribution in [0.4, 0.5) is 0 Å². The average Bonchev–Trinajstić information content (AvgIpc) is 2.23. The molecule has 0 aromatic rings. The molecular formula is C10H19NO5. The van der Waals surface area contributed by atoms with Crippen molar-refractivity contribution in [3.8, 4) is 0 Å². The molecule has 0 bridgehead atoms. The summed E-state index contributed by atoms with van der Waals surface area (Å²) >= 11 is 0. The minimum atomic E-state index is -1.09. The lowest BCUT2D eigenvalue weighted by atomic mass is 10.1.